The fourth-order valence-electron chi connectivity index (χ4n) is 3.19. The number of carbonyl (C=O) groups is 1. The van der Waals surface area contributed by atoms with E-state index in [2.05, 4.69) is 45.5 Å². The molecule has 3 aromatic rings. The number of carbonyl (C=O) groups excluding carboxylic acids is 1. The first-order chi connectivity index (χ1) is 16.2. The third kappa shape index (κ3) is 6.25. The molecule has 0 N–H and O–H groups in total. The van der Waals surface area contributed by atoms with Gasteiger partial charge in [-0.25, -0.2) is 9.97 Å². The van der Waals surface area contributed by atoms with E-state index < -0.39 is 8.07 Å². The van der Waals surface area contributed by atoms with Crippen molar-refractivity contribution in [3.63, 3.8) is 0 Å². The van der Waals surface area contributed by atoms with Gasteiger partial charge in [0.1, 0.15) is 17.0 Å². The van der Waals surface area contributed by atoms with Crippen molar-refractivity contribution >= 4 is 29.8 Å². The van der Waals surface area contributed by atoms with Crippen molar-refractivity contribution in [1.29, 1.82) is 0 Å². The number of imidazole rings is 1. The van der Waals surface area contributed by atoms with Gasteiger partial charge in [-0.2, -0.15) is 0 Å². The van der Waals surface area contributed by atoms with Gasteiger partial charge in [0.2, 0.25) is 5.78 Å². The van der Waals surface area contributed by atoms with Gasteiger partial charge in [-0.05, 0) is 52.3 Å². The lowest BCUT2D eigenvalue weighted by Crippen LogP contribution is -2.22. The Morgan fingerprint density at radius 3 is 2.26 bits per heavy atom. The number of rotatable bonds is 11. The summed E-state index contributed by atoms with van der Waals surface area (Å²) >= 11 is 3.35. The zero-order chi connectivity index (χ0) is 24.9. The second-order valence-corrected chi connectivity index (χ2v) is 15.2. The Hall–Kier alpha value is -2.69. The molecular weight excluding hydrogens is 518 g/mol. The van der Waals surface area contributed by atoms with E-state index in [0.29, 0.717) is 34.2 Å². The molecular formula is C24H30BrN3O5Si. The first-order valence-corrected chi connectivity index (χ1v) is 15.3. The van der Waals surface area contributed by atoms with Gasteiger partial charge in [-0.15, -0.1) is 0 Å². The number of methoxy groups -OCH3 is 3. The Morgan fingerprint density at radius 1 is 0.971 bits per heavy atom. The minimum atomic E-state index is -1.24. The van der Waals surface area contributed by atoms with Gasteiger partial charge in [-0.1, -0.05) is 19.6 Å². The molecule has 0 saturated carbocycles. The van der Waals surface area contributed by atoms with Crippen molar-refractivity contribution in [2.75, 3.05) is 27.9 Å². The molecule has 0 saturated heterocycles. The Balaban J connectivity index is 1.96. The van der Waals surface area contributed by atoms with Crippen LogP contribution in [0.4, 0.5) is 0 Å². The lowest BCUT2D eigenvalue weighted by atomic mass is 10.1. The van der Waals surface area contributed by atoms with Crippen molar-refractivity contribution < 1.29 is 23.7 Å². The van der Waals surface area contributed by atoms with Crippen LogP contribution >= 0.6 is 15.9 Å². The van der Waals surface area contributed by atoms with E-state index in [1.807, 2.05) is 18.3 Å². The molecule has 2 aromatic heterocycles. The largest absolute Gasteiger partial charge is 0.494 e. The van der Waals surface area contributed by atoms with Crippen molar-refractivity contribution in [2.24, 2.45) is 0 Å². The van der Waals surface area contributed by atoms with Gasteiger partial charge >= 0.3 is 0 Å². The van der Waals surface area contributed by atoms with E-state index in [-0.39, 0.29) is 24.0 Å². The van der Waals surface area contributed by atoms with Gasteiger partial charge in [0.15, 0.2) is 23.1 Å². The summed E-state index contributed by atoms with van der Waals surface area (Å²) in [7, 11) is 3.47. The molecule has 0 aliphatic rings. The molecule has 0 amide bonds. The minimum Gasteiger partial charge on any atom is -0.494 e. The number of hydrogen-bond donors (Lipinski definition) is 0. The van der Waals surface area contributed by atoms with E-state index in [4.69, 9.17) is 18.9 Å². The Labute approximate surface area is 209 Å². The number of ether oxygens (including phenoxy) is 4. The Kier molecular flexibility index (Phi) is 8.50. The number of halogens is 1. The van der Waals surface area contributed by atoms with Gasteiger partial charge in [0, 0.05) is 26.4 Å². The summed E-state index contributed by atoms with van der Waals surface area (Å²) in [6.07, 6.45) is 1.81. The predicted molar refractivity (Wildman–Crippen MR) is 137 cm³/mol. The summed E-state index contributed by atoms with van der Waals surface area (Å²) < 4.78 is 24.1. The van der Waals surface area contributed by atoms with Crippen LogP contribution in [0.3, 0.4) is 0 Å². The molecule has 1 aromatic carbocycles. The number of ketones is 1. The van der Waals surface area contributed by atoms with Crippen LogP contribution in [0.25, 0.3) is 11.3 Å². The molecule has 0 bridgehead atoms. The van der Waals surface area contributed by atoms with Crippen molar-refractivity contribution in [2.45, 2.75) is 32.4 Å². The average molecular weight is 549 g/mol. The number of aromatic nitrogens is 3. The van der Waals surface area contributed by atoms with E-state index in [9.17, 15) is 4.79 Å². The second kappa shape index (κ2) is 11.2. The first-order valence-electron chi connectivity index (χ1n) is 10.8. The quantitative estimate of drug-likeness (QED) is 0.140. The van der Waals surface area contributed by atoms with Crippen LogP contribution in [0.5, 0.6) is 17.2 Å². The standard InChI is InChI=1S/C24H30BrN3O5Si/c1-30-19-9-7-16(13-21(19)32-3)18-14-28(15-33-11-12-34(4,5)6)24(27-18)22(29)17-8-10-20(31-2)23(25)26-17/h7-10,13-14H,11-12,15H2,1-6H3. The fourth-order valence-corrected chi connectivity index (χ4v) is 4.43. The molecule has 34 heavy (non-hydrogen) atoms. The first kappa shape index (κ1) is 25.9. The van der Waals surface area contributed by atoms with Crippen LogP contribution < -0.4 is 14.2 Å². The van der Waals surface area contributed by atoms with Crippen LogP contribution in [-0.4, -0.2) is 56.3 Å². The Morgan fingerprint density at radius 2 is 1.65 bits per heavy atom. The normalized spacial score (nSPS) is 11.4. The van der Waals surface area contributed by atoms with Gasteiger partial charge < -0.3 is 23.5 Å². The van der Waals surface area contributed by atoms with Crippen LogP contribution in [0, 0.1) is 0 Å². The highest BCUT2D eigenvalue weighted by Gasteiger charge is 2.22. The summed E-state index contributed by atoms with van der Waals surface area (Å²) in [5.74, 6) is 1.66. The molecule has 3 rings (SSSR count). The number of nitrogens with zero attached hydrogens (tertiary/aromatic N) is 3. The van der Waals surface area contributed by atoms with Crippen LogP contribution in [0.2, 0.25) is 25.7 Å². The highest BCUT2D eigenvalue weighted by molar-refractivity contribution is 9.10. The van der Waals surface area contributed by atoms with E-state index in [1.165, 1.54) is 0 Å². The third-order valence-corrected chi connectivity index (χ3v) is 7.42. The summed E-state index contributed by atoms with van der Waals surface area (Å²) in [5.41, 5.74) is 1.66. The van der Waals surface area contributed by atoms with E-state index in [0.717, 1.165) is 11.6 Å². The summed E-state index contributed by atoms with van der Waals surface area (Å²) in [6, 6.07) is 9.84. The molecule has 0 atom stereocenters. The zero-order valence-electron chi connectivity index (χ0n) is 20.3. The molecule has 0 radical (unpaired) electrons. The summed E-state index contributed by atoms with van der Waals surface area (Å²) in [4.78, 5) is 22.4. The van der Waals surface area contributed by atoms with E-state index >= 15 is 0 Å². The molecule has 0 aliphatic carbocycles. The number of hydrogen-bond acceptors (Lipinski definition) is 7. The van der Waals surface area contributed by atoms with Gasteiger partial charge in [-0.3, -0.25) is 4.79 Å². The minimum absolute atomic E-state index is 0.211. The molecule has 0 spiro atoms. The monoisotopic (exact) mass is 547 g/mol. The average Bonchev–Trinajstić information content (AvgIpc) is 3.24. The maximum absolute atomic E-state index is 13.4. The fraction of sp³-hybridized carbons (Fsp3) is 0.375. The predicted octanol–water partition coefficient (Wildman–Crippen LogP) is 5.28. The van der Waals surface area contributed by atoms with Crippen LogP contribution in [-0.2, 0) is 11.5 Å². The van der Waals surface area contributed by atoms with Crippen LogP contribution in [0.1, 0.15) is 16.3 Å². The summed E-state index contributed by atoms with van der Waals surface area (Å²) in [6.45, 7) is 7.73. The smallest absolute Gasteiger partial charge is 0.246 e. The maximum Gasteiger partial charge on any atom is 0.246 e. The molecule has 0 fully saturated rings. The maximum atomic E-state index is 13.4. The molecule has 10 heteroatoms. The topological polar surface area (TPSA) is 84.7 Å². The van der Waals surface area contributed by atoms with Crippen molar-refractivity contribution in [1.82, 2.24) is 14.5 Å². The highest BCUT2D eigenvalue weighted by Crippen LogP contribution is 2.32. The zero-order valence-corrected chi connectivity index (χ0v) is 22.9. The lowest BCUT2D eigenvalue weighted by molar-refractivity contribution is 0.0811. The molecule has 0 aliphatic heterocycles. The second-order valence-electron chi connectivity index (χ2n) is 8.86. The lowest BCUT2D eigenvalue weighted by Gasteiger charge is -2.16. The molecule has 2 heterocycles. The molecule has 8 nitrogen and oxygen atoms in total. The third-order valence-electron chi connectivity index (χ3n) is 5.15. The Bertz CT molecular complexity index is 1160. The molecule has 0 unspecified atom stereocenters. The van der Waals surface area contributed by atoms with Crippen molar-refractivity contribution in [3.05, 3.63) is 52.7 Å². The SMILES string of the molecule is COc1ccc(-c2cn(COCC[Si](C)(C)C)c(C(=O)c3ccc(OC)c(Br)n3)n2)cc1OC. The van der Waals surface area contributed by atoms with Crippen LogP contribution in [0.15, 0.2) is 41.1 Å². The number of pyridine rings is 1. The summed E-state index contributed by atoms with van der Waals surface area (Å²) in [5, 5.41) is 0. The molecule has 182 valence electrons. The van der Waals surface area contributed by atoms with Crippen molar-refractivity contribution in [3.8, 4) is 28.5 Å². The van der Waals surface area contributed by atoms with E-state index in [1.54, 1.807) is 44.1 Å². The van der Waals surface area contributed by atoms with Gasteiger partial charge in [0.05, 0.1) is 27.0 Å². The number of benzene rings is 1. The highest BCUT2D eigenvalue weighted by atomic mass is 79.9. The van der Waals surface area contributed by atoms with Gasteiger partial charge in [0.25, 0.3) is 0 Å².